The molecule has 1 aliphatic heterocycles. The molecule has 3 rings (SSSR count). The second kappa shape index (κ2) is 10.8. The lowest BCUT2D eigenvalue weighted by molar-refractivity contribution is 0.0963. The minimum absolute atomic E-state index is 0. The van der Waals surface area contributed by atoms with Gasteiger partial charge in [-0.1, -0.05) is 77.0 Å². The molecule has 1 saturated heterocycles. The topological polar surface area (TPSA) is 113 Å². The first-order valence-corrected chi connectivity index (χ1v) is 11.6. The highest BCUT2D eigenvalue weighted by Crippen LogP contribution is 2.40. The van der Waals surface area contributed by atoms with E-state index in [9.17, 15) is 9.90 Å². The van der Waals surface area contributed by atoms with Crippen molar-refractivity contribution in [3.05, 3.63) is 75.2 Å². The Labute approximate surface area is 218 Å². The van der Waals surface area contributed by atoms with Crippen LogP contribution < -0.4 is 0 Å². The zero-order chi connectivity index (χ0) is 25.3. The van der Waals surface area contributed by atoms with E-state index in [0.717, 1.165) is 16.7 Å². The number of hydrogen-bond donors (Lipinski definition) is 2. The number of rotatable bonds is 6. The van der Waals surface area contributed by atoms with E-state index in [-0.39, 0.29) is 64.3 Å². The van der Waals surface area contributed by atoms with Gasteiger partial charge < -0.3 is 10.0 Å². The molecule has 1 aliphatic rings. The summed E-state index contributed by atoms with van der Waals surface area (Å²) in [7, 11) is 0. The molecule has 0 spiro atoms. The molecule has 0 aromatic heterocycles. The van der Waals surface area contributed by atoms with E-state index in [1.165, 1.54) is 0 Å². The number of nitrogens with zero attached hydrogens (tertiary/aromatic N) is 4. The summed E-state index contributed by atoms with van der Waals surface area (Å²) in [4.78, 5) is 18.2. The molecule has 1 heterocycles. The van der Waals surface area contributed by atoms with Gasteiger partial charge >= 0.3 is 0 Å². The van der Waals surface area contributed by atoms with Gasteiger partial charge in [0.05, 0.1) is 6.54 Å². The number of likely N-dealkylation sites (tertiary alicyclic amines) is 1. The van der Waals surface area contributed by atoms with E-state index in [2.05, 4.69) is 10.0 Å². The maximum absolute atomic E-state index is 13.5. The second-order valence-electron chi connectivity index (χ2n) is 11.2. The zero-order valence-corrected chi connectivity index (χ0v) is 23.1. The predicted molar refractivity (Wildman–Crippen MR) is 146 cm³/mol. The van der Waals surface area contributed by atoms with E-state index in [0.29, 0.717) is 17.9 Å². The third-order valence-electron chi connectivity index (χ3n) is 6.48. The van der Waals surface area contributed by atoms with E-state index < -0.39 is 0 Å². The van der Waals surface area contributed by atoms with Crippen molar-refractivity contribution in [1.29, 1.82) is 5.41 Å². The van der Waals surface area contributed by atoms with E-state index >= 15 is 0 Å². The van der Waals surface area contributed by atoms with Crippen LogP contribution in [0.1, 0.15) is 74.5 Å². The fraction of sp³-hybridized carbons (Fsp3) is 0.481. The van der Waals surface area contributed by atoms with Crippen molar-refractivity contribution >= 4 is 28.6 Å². The summed E-state index contributed by atoms with van der Waals surface area (Å²) in [6.07, 6.45) is 0. The van der Waals surface area contributed by atoms with E-state index in [1.807, 2.05) is 71.9 Å². The molecule has 0 aliphatic carbocycles. The normalized spacial score (nSPS) is 18.1. The number of phenolic OH excluding ortho intramolecular Hbond substituents is 1. The summed E-state index contributed by atoms with van der Waals surface area (Å²) in [5.74, 6) is 0.202. The minimum Gasteiger partial charge on any atom is -0.507 e. The number of hydrogen-bond acceptors (Lipinski definition) is 4. The number of phenols is 1. The highest BCUT2D eigenvalue weighted by molar-refractivity contribution is 8.93. The molecule has 0 saturated carbocycles. The van der Waals surface area contributed by atoms with Crippen molar-refractivity contribution in [3.8, 4) is 5.75 Å². The Morgan fingerprint density at radius 3 is 2.14 bits per heavy atom. The molecule has 7 nitrogen and oxygen atoms in total. The summed E-state index contributed by atoms with van der Waals surface area (Å²) < 4.78 is 0. The van der Waals surface area contributed by atoms with Crippen LogP contribution in [0, 0.1) is 11.3 Å². The van der Waals surface area contributed by atoms with E-state index in [1.54, 1.807) is 17.0 Å². The standard InChI is InChI=1S/C27H35N5O2.BrH/c1-26(2,3)20-12-18(13-21(24(20)34)27(4,5)6)22(33)16-32-15-19(14-30-31-29)23(25(32)28)17-10-8-7-9-11-17;/h7-13,19,23,28,34H,14-16H2,1-6H3;1H/t19-,23+;/m1./s1. The first-order valence-electron chi connectivity index (χ1n) is 11.6. The highest BCUT2D eigenvalue weighted by Gasteiger charge is 2.39. The third-order valence-corrected chi connectivity index (χ3v) is 6.48. The smallest absolute Gasteiger partial charge is 0.182 e. The lowest BCUT2D eigenvalue weighted by atomic mass is 9.78. The van der Waals surface area contributed by atoms with Crippen molar-refractivity contribution in [2.45, 2.75) is 58.3 Å². The number of benzene rings is 2. The molecular weight excluding hydrogens is 506 g/mol. The lowest BCUT2D eigenvalue weighted by Crippen LogP contribution is -2.32. The number of carbonyl (C=O) groups is 1. The van der Waals surface area contributed by atoms with Gasteiger partial charge in [-0.15, -0.1) is 17.0 Å². The van der Waals surface area contributed by atoms with Crippen LogP contribution in [0.5, 0.6) is 5.75 Å². The van der Waals surface area contributed by atoms with Crippen molar-refractivity contribution in [3.63, 3.8) is 0 Å². The Kier molecular flexibility index (Phi) is 8.79. The van der Waals surface area contributed by atoms with Crippen molar-refractivity contribution < 1.29 is 9.90 Å². The third kappa shape index (κ3) is 6.24. The molecule has 2 N–H and O–H groups in total. The molecule has 35 heavy (non-hydrogen) atoms. The SMILES string of the molecule is Br.CC(C)(C)c1cc(C(=O)CN2C[C@@H](CN=[N+]=[N-])[C@H](c3ccccc3)C2=N)cc(C(C)(C)C)c1O. The largest absolute Gasteiger partial charge is 0.507 e. The number of ketones is 1. The van der Waals surface area contributed by atoms with Crippen LogP contribution in [-0.4, -0.2) is 41.3 Å². The summed E-state index contributed by atoms with van der Waals surface area (Å²) >= 11 is 0. The maximum Gasteiger partial charge on any atom is 0.182 e. The number of carbonyl (C=O) groups excluding carboxylic acids is 1. The van der Waals surface area contributed by atoms with Gasteiger partial charge in [0, 0.05) is 40.6 Å². The molecule has 0 amide bonds. The molecule has 0 radical (unpaired) electrons. The zero-order valence-electron chi connectivity index (χ0n) is 21.4. The maximum atomic E-state index is 13.5. The Morgan fingerprint density at radius 1 is 1.11 bits per heavy atom. The van der Waals surface area contributed by atoms with Crippen LogP contribution in [-0.2, 0) is 10.8 Å². The molecule has 2 atom stereocenters. The lowest BCUT2D eigenvalue weighted by Gasteiger charge is -2.28. The molecule has 0 unspecified atom stereocenters. The van der Waals surface area contributed by atoms with Crippen molar-refractivity contribution in [1.82, 2.24) is 4.90 Å². The van der Waals surface area contributed by atoms with Crippen LogP contribution in [0.3, 0.4) is 0 Å². The molecule has 1 fully saturated rings. The molecule has 2 aromatic carbocycles. The number of azide groups is 1. The molecule has 2 aromatic rings. The fourth-order valence-corrected chi connectivity index (χ4v) is 4.65. The molecule has 8 heteroatoms. The summed E-state index contributed by atoms with van der Waals surface area (Å²) in [6, 6.07) is 13.3. The van der Waals surface area contributed by atoms with Crippen molar-refractivity contribution in [2.75, 3.05) is 19.6 Å². The number of Topliss-reactive ketones (excluding diaryl/α,β-unsaturated/α-hetero) is 1. The van der Waals surface area contributed by atoms with Crippen LogP contribution in [0.4, 0.5) is 0 Å². The van der Waals surface area contributed by atoms with Crippen molar-refractivity contribution in [2.24, 2.45) is 11.0 Å². The first kappa shape index (κ1) is 28.4. The average Bonchev–Trinajstić information content (AvgIpc) is 3.06. The summed E-state index contributed by atoms with van der Waals surface area (Å²) in [5.41, 5.74) is 11.2. The number of nitrogens with one attached hydrogen (secondary N) is 1. The first-order chi connectivity index (χ1) is 15.8. The summed E-state index contributed by atoms with van der Waals surface area (Å²) in [5, 5.41) is 23.6. The minimum atomic E-state index is -0.334. The average molecular weight is 543 g/mol. The Bertz CT molecular complexity index is 1090. The van der Waals surface area contributed by atoms with Gasteiger partial charge in [-0.25, -0.2) is 0 Å². The van der Waals surface area contributed by atoms with Gasteiger partial charge in [-0.2, -0.15) is 0 Å². The summed E-state index contributed by atoms with van der Waals surface area (Å²) in [6.45, 7) is 12.9. The molecule has 188 valence electrons. The number of halogens is 1. The van der Waals surface area contributed by atoms with Crippen LogP contribution >= 0.6 is 17.0 Å². The quantitative estimate of drug-likeness (QED) is 0.182. The van der Waals surface area contributed by atoms with Gasteiger partial charge in [0.25, 0.3) is 0 Å². The Balaban J connectivity index is 0.00000432. The fourth-order valence-electron chi connectivity index (χ4n) is 4.65. The predicted octanol–water partition coefficient (Wildman–Crippen LogP) is 6.75. The van der Waals surface area contributed by atoms with Crippen LogP contribution in [0.2, 0.25) is 0 Å². The van der Waals surface area contributed by atoms with Gasteiger partial charge in [0.15, 0.2) is 5.78 Å². The highest BCUT2D eigenvalue weighted by atomic mass is 79.9. The van der Waals surface area contributed by atoms with Crippen LogP contribution in [0.15, 0.2) is 47.6 Å². The Hall–Kier alpha value is -2.83. The second-order valence-corrected chi connectivity index (χ2v) is 11.2. The Morgan fingerprint density at radius 2 is 1.66 bits per heavy atom. The van der Waals surface area contributed by atoms with E-state index in [4.69, 9.17) is 10.9 Å². The van der Waals surface area contributed by atoms with Gasteiger partial charge in [-0.05, 0) is 40.0 Å². The van der Waals surface area contributed by atoms with Gasteiger partial charge in [0.1, 0.15) is 11.6 Å². The van der Waals surface area contributed by atoms with Gasteiger partial charge in [0.2, 0.25) is 0 Å². The molecule has 0 bridgehead atoms. The number of amidine groups is 1. The van der Waals surface area contributed by atoms with Crippen LogP contribution in [0.25, 0.3) is 10.4 Å². The number of aromatic hydroxyl groups is 1. The monoisotopic (exact) mass is 541 g/mol. The van der Waals surface area contributed by atoms with Gasteiger partial charge in [-0.3, -0.25) is 10.2 Å². The molecular formula is C27H36BrN5O2.